The predicted octanol–water partition coefficient (Wildman–Crippen LogP) is 3.97. The second-order valence-electron chi connectivity index (χ2n) is 6.45. The van der Waals surface area contributed by atoms with Crippen LogP contribution in [-0.2, 0) is 7.05 Å². The topological polar surface area (TPSA) is 59.8 Å². The van der Waals surface area contributed by atoms with Gasteiger partial charge in [-0.2, -0.15) is 5.10 Å². The molecule has 0 saturated carbocycles. The largest absolute Gasteiger partial charge is 0.385 e. The van der Waals surface area contributed by atoms with Crippen molar-refractivity contribution < 1.29 is 0 Å². The van der Waals surface area contributed by atoms with Crippen molar-refractivity contribution in [2.24, 2.45) is 7.05 Å². The SMILES string of the molecule is CCCNc1ccc2ccc3ncc(-c4cnn(C)c4)cc3c(=O)c2c1. The van der Waals surface area contributed by atoms with Gasteiger partial charge in [0.25, 0.3) is 0 Å². The Hall–Kier alpha value is -3.21. The van der Waals surface area contributed by atoms with E-state index >= 15 is 0 Å². The fraction of sp³-hybridized carbons (Fsp3) is 0.190. The summed E-state index contributed by atoms with van der Waals surface area (Å²) in [6.07, 6.45) is 6.52. The second kappa shape index (κ2) is 6.59. The van der Waals surface area contributed by atoms with Crippen molar-refractivity contribution in [3.8, 4) is 11.1 Å². The van der Waals surface area contributed by atoms with Crippen molar-refractivity contribution >= 4 is 27.4 Å². The molecule has 5 nitrogen and oxygen atoms in total. The van der Waals surface area contributed by atoms with Crippen LogP contribution in [0, 0.1) is 0 Å². The number of aromatic nitrogens is 3. The second-order valence-corrected chi connectivity index (χ2v) is 6.45. The fourth-order valence-corrected chi connectivity index (χ4v) is 3.11. The lowest BCUT2D eigenvalue weighted by atomic mass is 10.1. The van der Waals surface area contributed by atoms with Crippen LogP contribution in [0.15, 0.2) is 59.8 Å². The number of anilines is 1. The predicted molar refractivity (Wildman–Crippen MR) is 107 cm³/mol. The Morgan fingerprint density at radius 2 is 1.88 bits per heavy atom. The van der Waals surface area contributed by atoms with Crippen molar-refractivity contribution in [3.63, 3.8) is 0 Å². The first-order valence-electron chi connectivity index (χ1n) is 8.75. The fourth-order valence-electron chi connectivity index (χ4n) is 3.11. The summed E-state index contributed by atoms with van der Waals surface area (Å²) in [5, 5.41) is 9.78. The van der Waals surface area contributed by atoms with Gasteiger partial charge < -0.3 is 5.32 Å². The van der Waals surface area contributed by atoms with Crippen LogP contribution >= 0.6 is 0 Å². The van der Waals surface area contributed by atoms with Crippen LogP contribution < -0.4 is 10.7 Å². The minimum Gasteiger partial charge on any atom is -0.385 e. The van der Waals surface area contributed by atoms with E-state index < -0.39 is 0 Å². The first-order valence-corrected chi connectivity index (χ1v) is 8.75. The van der Waals surface area contributed by atoms with Crippen LogP contribution in [0.1, 0.15) is 13.3 Å². The summed E-state index contributed by atoms with van der Waals surface area (Å²) in [6, 6.07) is 11.7. The molecule has 130 valence electrons. The number of nitrogens with one attached hydrogen (secondary N) is 1. The highest BCUT2D eigenvalue weighted by Crippen LogP contribution is 2.23. The van der Waals surface area contributed by atoms with Crippen LogP contribution in [0.2, 0.25) is 0 Å². The zero-order chi connectivity index (χ0) is 18.1. The highest BCUT2D eigenvalue weighted by atomic mass is 16.1. The van der Waals surface area contributed by atoms with E-state index in [9.17, 15) is 4.79 Å². The van der Waals surface area contributed by atoms with Gasteiger partial charge in [0.15, 0.2) is 5.43 Å². The summed E-state index contributed by atoms with van der Waals surface area (Å²) in [7, 11) is 1.87. The highest BCUT2D eigenvalue weighted by Gasteiger charge is 2.08. The van der Waals surface area contributed by atoms with E-state index in [1.165, 1.54) is 0 Å². The maximum atomic E-state index is 13.2. The molecule has 0 bridgehead atoms. The molecule has 0 spiro atoms. The molecule has 0 saturated heterocycles. The minimum absolute atomic E-state index is 0.00149. The Bertz CT molecular complexity index is 1160. The van der Waals surface area contributed by atoms with Gasteiger partial charge in [0.1, 0.15) is 0 Å². The molecule has 0 fully saturated rings. The van der Waals surface area contributed by atoms with Gasteiger partial charge in [-0.15, -0.1) is 0 Å². The number of nitrogens with zero attached hydrogens (tertiary/aromatic N) is 3. The molecule has 0 amide bonds. The number of rotatable bonds is 4. The summed E-state index contributed by atoms with van der Waals surface area (Å²) < 4.78 is 1.74. The summed E-state index contributed by atoms with van der Waals surface area (Å²) in [4.78, 5) is 17.7. The van der Waals surface area contributed by atoms with Gasteiger partial charge in [-0.25, -0.2) is 0 Å². The lowest BCUT2D eigenvalue weighted by Crippen LogP contribution is -2.02. The average Bonchev–Trinajstić information content (AvgIpc) is 3.05. The molecule has 0 aliphatic carbocycles. The summed E-state index contributed by atoms with van der Waals surface area (Å²) in [5.74, 6) is 0. The lowest BCUT2D eigenvalue weighted by Gasteiger charge is -2.04. The Labute approximate surface area is 151 Å². The van der Waals surface area contributed by atoms with E-state index in [2.05, 4.69) is 22.3 Å². The Morgan fingerprint density at radius 3 is 2.65 bits per heavy atom. The van der Waals surface area contributed by atoms with Crippen molar-refractivity contribution in [1.82, 2.24) is 14.8 Å². The number of fused-ring (bicyclic) bond motifs is 2. The first kappa shape index (κ1) is 16.3. The molecule has 0 radical (unpaired) electrons. The average molecular weight is 344 g/mol. The smallest absolute Gasteiger partial charge is 0.195 e. The third kappa shape index (κ3) is 2.92. The number of hydrogen-bond donors (Lipinski definition) is 1. The van der Waals surface area contributed by atoms with Crippen molar-refractivity contribution in [3.05, 3.63) is 65.2 Å². The summed E-state index contributed by atoms with van der Waals surface area (Å²) >= 11 is 0. The number of benzene rings is 1. The Morgan fingerprint density at radius 1 is 1.04 bits per heavy atom. The van der Waals surface area contributed by atoms with Crippen LogP contribution in [0.25, 0.3) is 32.8 Å². The van der Waals surface area contributed by atoms with Crippen molar-refractivity contribution in [1.29, 1.82) is 0 Å². The molecule has 0 aliphatic rings. The van der Waals surface area contributed by atoms with E-state index in [1.807, 2.05) is 49.6 Å². The molecule has 0 atom stereocenters. The lowest BCUT2D eigenvalue weighted by molar-refractivity contribution is 0.768. The van der Waals surface area contributed by atoms with Gasteiger partial charge in [0.05, 0.1) is 11.7 Å². The van der Waals surface area contributed by atoms with Crippen molar-refractivity contribution in [2.45, 2.75) is 13.3 Å². The van der Waals surface area contributed by atoms with E-state index in [1.54, 1.807) is 17.1 Å². The van der Waals surface area contributed by atoms with E-state index in [0.717, 1.165) is 35.2 Å². The quantitative estimate of drug-likeness (QED) is 0.608. The molecule has 2 heterocycles. The molecule has 0 unspecified atom stereocenters. The molecule has 4 rings (SSSR count). The van der Waals surface area contributed by atoms with E-state index in [0.29, 0.717) is 16.3 Å². The molecule has 2 aromatic carbocycles. The van der Waals surface area contributed by atoms with Gasteiger partial charge in [0, 0.05) is 53.6 Å². The maximum absolute atomic E-state index is 13.2. The maximum Gasteiger partial charge on any atom is 0.195 e. The summed E-state index contributed by atoms with van der Waals surface area (Å²) in [6.45, 7) is 3.00. The van der Waals surface area contributed by atoms with Crippen LogP contribution in [0.4, 0.5) is 5.69 Å². The molecule has 1 N–H and O–H groups in total. The summed E-state index contributed by atoms with van der Waals surface area (Å²) in [5.41, 5.74) is 3.50. The Kier molecular flexibility index (Phi) is 4.13. The number of hydrogen-bond acceptors (Lipinski definition) is 4. The molecule has 4 aromatic rings. The van der Waals surface area contributed by atoms with Crippen LogP contribution in [0.5, 0.6) is 0 Å². The zero-order valence-corrected chi connectivity index (χ0v) is 14.9. The van der Waals surface area contributed by atoms with Gasteiger partial charge in [-0.1, -0.05) is 19.1 Å². The molecule has 0 aliphatic heterocycles. The Balaban J connectivity index is 1.95. The third-order valence-corrected chi connectivity index (χ3v) is 4.50. The highest BCUT2D eigenvalue weighted by molar-refractivity contribution is 5.94. The number of pyridine rings is 1. The van der Waals surface area contributed by atoms with Gasteiger partial charge >= 0.3 is 0 Å². The van der Waals surface area contributed by atoms with Crippen LogP contribution in [0.3, 0.4) is 0 Å². The monoisotopic (exact) mass is 344 g/mol. The molecule has 5 heteroatoms. The zero-order valence-electron chi connectivity index (χ0n) is 14.9. The third-order valence-electron chi connectivity index (χ3n) is 4.50. The van der Waals surface area contributed by atoms with Gasteiger partial charge in [0.2, 0.25) is 0 Å². The molecule has 26 heavy (non-hydrogen) atoms. The van der Waals surface area contributed by atoms with Gasteiger partial charge in [-0.05, 0) is 36.1 Å². The minimum atomic E-state index is -0.00149. The van der Waals surface area contributed by atoms with Crippen LogP contribution in [-0.4, -0.2) is 21.3 Å². The normalized spacial score (nSPS) is 11.2. The van der Waals surface area contributed by atoms with Crippen molar-refractivity contribution in [2.75, 3.05) is 11.9 Å². The molecular formula is C21H20N4O. The van der Waals surface area contributed by atoms with E-state index in [4.69, 9.17) is 0 Å². The first-order chi connectivity index (χ1) is 12.7. The van der Waals surface area contributed by atoms with E-state index in [-0.39, 0.29) is 5.43 Å². The molecule has 2 aromatic heterocycles. The number of aryl methyl sites for hydroxylation is 1. The van der Waals surface area contributed by atoms with Gasteiger partial charge in [-0.3, -0.25) is 14.5 Å². The molecular weight excluding hydrogens is 324 g/mol. The standard InChI is InChI=1S/C21H20N4O/c1-3-8-22-17-6-4-14-5-7-20-19(21(26)18(14)10-17)9-15(11-23-20)16-12-24-25(2)13-16/h4-7,9-13,22H,3,8H2,1-2H3.